The lowest BCUT2D eigenvalue weighted by atomic mass is 10.2. The Morgan fingerprint density at radius 2 is 1.88 bits per heavy atom. The third-order valence-corrected chi connectivity index (χ3v) is 3.73. The van der Waals surface area contributed by atoms with Crippen LogP contribution in [-0.4, -0.2) is 23.6 Å². The summed E-state index contributed by atoms with van der Waals surface area (Å²) in [5.74, 6) is -0.303. The van der Waals surface area contributed by atoms with Gasteiger partial charge in [0.05, 0.1) is 18.2 Å². The first-order chi connectivity index (χ1) is 12.4. The van der Waals surface area contributed by atoms with Crippen molar-refractivity contribution < 1.29 is 17.9 Å². The van der Waals surface area contributed by atoms with E-state index in [0.717, 1.165) is 25.5 Å². The van der Waals surface area contributed by atoms with E-state index >= 15 is 0 Å². The van der Waals surface area contributed by atoms with Crippen molar-refractivity contribution in [3.63, 3.8) is 0 Å². The van der Waals surface area contributed by atoms with E-state index in [0.29, 0.717) is 17.9 Å². The molecule has 0 atom stereocenters. The van der Waals surface area contributed by atoms with Crippen molar-refractivity contribution >= 4 is 11.5 Å². The fourth-order valence-electron chi connectivity index (χ4n) is 2.28. The molecule has 1 heterocycles. The van der Waals surface area contributed by atoms with E-state index in [2.05, 4.69) is 9.97 Å². The van der Waals surface area contributed by atoms with Crippen molar-refractivity contribution in [1.82, 2.24) is 9.97 Å². The van der Waals surface area contributed by atoms with E-state index < -0.39 is 11.7 Å². The van der Waals surface area contributed by atoms with Crippen LogP contribution in [0.1, 0.15) is 37.3 Å². The molecule has 1 aromatic heterocycles. The molecule has 0 aliphatic carbocycles. The number of unbranched alkanes of at least 4 members (excludes halogenated alkanes) is 2. The number of halogens is 3. The second kappa shape index (κ2) is 8.52. The van der Waals surface area contributed by atoms with Gasteiger partial charge in [0.2, 0.25) is 0 Å². The molecule has 8 heteroatoms. The maximum atomic E-state index is 13.3. The summed E-state index contributed by atoms with van der Waals surface area (Å²) in [7, 11) is 1.47. The normalized spacial score (nSPS) is 11.1. The van der Waals surface area contributed by atoms with Gasteiger partial charge in [-0.15, -0.1) is 0 Å². The molecule has 0 aliphatic heterocycles. The average Bonchev–Trinajstić information content (AvgIpc) is 2.64. The molecule has 2 aromatic rings. The minimum Gasteiger partial charge on any atom is -0.463 e. The van der Waals surface area contributed by atoms with Crippen LogP contribution in [0.15, 0.2) is 30.5 Å². The molecule has 1 aromatic carbocycles. The molecule has 0 N–H and O–H groups in total. The highest BCUT2D eigenvalue weighted by Crippen LogP contribution is 2.37. The van der Waals surface area contributed by atoms with Crippen LogP contribution in [0.2, 0.25) is 0 Å². The smallest absolute Gasteiger partial charge is 0.421 e. The first-order valence-corrected chi connectivity index (χ1v) is 8.17. The van der Waals surface area contributed by atoms with Crippen molar-refractivity contribution in [2.75, 3.05) is 18.6 Å². The molecule has 0 radical (unpaired) electrons. The van der Waals surface area contributed by atoms with Crippen LogP contribution in [0.3, 0.4) is 0 Å². The SMILES string of the molecule is CCCCCOc1ncc(C(F)(F)F)c(N(C)c2ccc(C#N)cc2)n1. The molecule has 5 nitrogen and oxygen atoms in total. The van der Waals surface area contributed by atoms with Crippen LogP contribution in [0.5, 0.6) is 6.01 Å². The molecule has 26 heavy (non-hydrogen) atoms. The van der Waals surface area contributed by atoms with Crippen LogP contribution in [0, 0.1) is 11.3 Å². The third-order valence-electron chi connectivity index (χ3n) is 3.73. The van der Waals surface area contributed by atoms with E-state index in [1.54, 1.807) is 12.1 Å². The highest BCUT2D eigenvalue weighted by molar-refractivity contribution is 5.63. The molecule has 0 spiro atoms. The minimum absolute atomic E-state index is 0.0930. The topological polar surface area (TPSA) is 62.0 Å². The second-order valence-corrected chi connectivity index (χ2v) is 5.66. The molecule has 0 bridgehead atoms. The highest BCUT2D eigenvalue weighted by atomic mass is 19.4. The number of anilines is 2. The molecule has 0 saturated carbocycles. The predicted octanol–water partition coefficient (Wildman–Crippen LogP) is 4.70. The Hall–Kier alpha value is -2.82. The van der Waals surface area contributed by atoms with Gasteiger partial charge in [-0.1, -0.05) is 19.8 Å². The molecule has 0 unspecified atom stereocenters. The standard InChI is InChI=1S/C18H19F3N4O/c1-3-4-5-10-26-17-23-12-15(18(19,20)21)16(24-17)25(2)14-8-6-13(11-22)7-9-14/h6-9,12H,3-5,10H2,1-2H3. The first-order valence-electron chi connectivity index (χ1n) is 8.17. The van der Waals surface area contributed by atoms with Gasteiger partial charge >= 0.3 is 12.2 Å². The Balaban J connectivity index is 2.33. The Morgan fingerprint density at radius 1 is 1.19 bits per heavy atom. The number of ether oxygens (including phenoxy) is 1. The lowest BCUT2D eigenvalue weighted by Crippen LogP contribution is -2.19. The van der Waals surface area contributed by atoms with Crippen molar-refractivity contribution in [3.8, 4) is 12.1 Å². The van der Waals surface area contributed by atoms with E-state index in [1.165, 1.54) is 24.1 Å². The van der Waals surface area contributed by atoms with E-state index in [-0.39, 0.29) is 11.8 Å². The summed E-state index contributed by atoms with van der Waals surface area (Å²) in [6.45, 7) is 2.39. The minimum atomic E-state index is -4.60. The zero-order valence-electron chi connectivity index (χ0n) is 14.5. The van der Waals surface area contributed by atoms with E-state index in [4.69, 9.17) is 10.00 Å². The summed E-state index contributed by atoms with van der Waals surface area (Å²) in [6.07, 6.45) is -1.13. The Kier molecular flexibility index (Phi) is 6.39. The maximum Gasteiger partial charge on any atom is 0.421 e. The van der Waals surface area contributed by atoms with Crippen molar-refractivity contribution in [1.29, 1.82) is 5.26 Å². The fourth-order valence-corrected chi connectivity index (χ4v) is 2.28. The predicted molar refractivity (Wildman–Crippen MR) is 91.3 cm³/mol. The van der Waals surface area contributed by atoms with Gasteiger partial charge in [-0.3, -0.25) is 0 Å². The lowest BCUT2D eigenvalue weighted by molar-refractivity contribution is -0.137. The summed E-state index contributed by atoms with van der Waals surface area (Å²) in [5, 5.41) is 8.84. The number of nitrogens with zero attached hydrogens (tertiary/aromatic N) is 4. The molecule has 138 valence electrons. The van der Waals surface area contributed by atoms with Gasteiger partial charge in [0, 0.05) is 18.9 Å². The third kappa shape index (κ3) is 4.85. The van der Waals surface area contributed by atoms with Gasteiger partial charge in [0.15, 0.2) is 5.82 Å². The summed E-state index contributed by atoms with van der Waals surface area (Å²) in [5.41, 5.74) is -0.0729. The molecule has 0 aliphatic rings. The molecular formula is C18H19F3N4O. The van der Waals surface area contributed by atoms with Crippen molar-refractivity contribution in [2.45, 2.75) is 32.4 Å². The van der Waals surface area contributed by atoms with Crippen molar-refractivity contribution in [3.05, 3.63) is 41.6 Å². The van der Waals surface area contributed by atoms with Crippen LogP contribution in [0.4, 0.5) is 24.7 Å². The van der Waals surface area contributed by atoms with Crippen molar-refractivity contribution in [2.24, 2.45) is 0 Å². The highest BCUT2D eigenvalue weighted by Gasteiger charge is 2.36. The van der Waals surface area contributed by atoms with Gasteiger partial charge in [0.1, 0.15) is 5.56 Å². The lowest BCUT2D eigenvalue weighted by Gasteiger charge is -2.22. The number of benzene rings is 1. The molecular weight excluding hydrogens is 345 g/mol. The van der Waals surface area contributed by atoms with Gasteiger partial charge in [-0.25, -0.2) is 4.98 Å². The molecule has 0 amide bonds. The molecule has 2 rings (SSSR count). The quantitative estimate of drug-likeness (QED) is 0.666. The number of nitriles is 1. The summed E-state index contributed by atoms with van der Waals surface area (Å²) in [4.78, 5) is 8.94. The average molecular weight is 364 g/mol. The van der Waals surface area contributed by atoms with Gasteiger partial charge in [-0.05, 0) is 30.7 Å². The van der Waals surface area contributed by atoms with Crippen LogP contribution < -0.4 is 9.64 Å². The zero-order chi connectivity index (χ0) is 19.2. The fraction of sp³-hybridized carbons (Fsp3) is 0.389. The molecule has 0 fully saturated rings. The van der Waals surface area contributed by atoms with Crippen LogP contribution >= 0.6 is 0 Å². The summed E-state index contributed by atoms with van der Waals surface area (Å²) >= 11 is 0. The largest absolute Gasteiger partial charge is 0.463 e. The van der Waals surface area contributed by atoms with E-state index in [1.807, 2.05) is 13.0 Å². The van der Waals surface area contributed by atoms with E-state index in [9.17, 15) is 13.2 Å². The Bertz CT molecular complexity index is 769. The summed E-state index contributed by atoms with van der Waals surface area (Å²) in [6, 6.07) is 8.05. The zero-order valence-corrected chi connectivity index (χ0v) is 14.5. The van der Waals surface area contributed by atoms with Gasteiger partial charge in [-0.2, -0.15) is 23.4 Å². The number of alkyl halides is 3. The number of rotatable bonds is 7. The first kappa shape index (κ1) is 19.5. The molecule has 0 saturated heterocycles. The van der Waals surface area contributed by atoms with Crippen LogP contribution in [-0.2, 0) is 6.18 Å². The van der Waals surface area contributed by atoms with Gasteiger partial charge < -0.3 is 9.64 Å². The number of aromatic nitrogens is 2. The van der Waals surface area contributed by atoms with Gasteiger partial charge in [0.25, 0.3) is 0 Å². The number of hydrogen-bond acceptors (Lipinski definition) is 5. The maximum absolute atomic E-state index is 13.3. The monoisotopic (exact) mass is 364 g/mol. The second-order valence-electron chi connectivity index (χ2n) is 5.66. The Labute approximate surface area is 150 Å². The Morgan fingerprint density at radius 3 is 2.46 bits per heavy atom. The summed E-state index contributed by atoms with van der Waals surface area (Å²) < 4.78 is 45.4. The van der Waals surface area contributed by atoms with Crippen LogP contribution in [0.25, 0.3) is 0 Å². The number of hydrogen-bond donors (Lipinski definition) is 0.